The number of anilines is 1. The molecule has 0 atom stereocenters. The van der Waals surface area contributed by atoms with Crippen LogP contribution in [0.5, 0.6) is 0 Å². The van der Waals surface area contributed by atoms with Gasteiger partial charge in [0.2, 0.25) is 0 Å². The monoisotopic (exact) mass is 345 g/mol. The lowest BCUT2D eigenvalue weighted by Gasteiger charge is -2.06. The van der Waals surface area contributed by atoms with E-state index in [4.69, 9.17) is 0 Å². The largest absolute Gasteiger partial charge is 0.322 e. The van der Waals surface area contributed by atoms with E-state index in [1.165, 1.54) is 24.3 Å². The topological polar surface area (TPSA) is 85.1 Å². The summed E-state index contributed by atoms with van der Waals surface area (Å²) in [6, 6.07) is 18.5. The van der Waals surface area contributed by atoms with Crippen molar-refractivity contribution >= 4 is 29.4 Å². The fourth-order valence-electron chi connectivity index (χ4n) is 2.31. The lowest BCUT2D eigenvalue weighted by molar-refractivity contribution is -0.384. The zero-order valence-electron chi connectivity index (χ0n) is 13.7. The number of nitrogens with one attached hydrogen (secondary N) is 1. The van der Waals surface area contributed by atoms with Crippen LogP contribution in [0.15, 0.2) is 72.9 Å². The second-order valence-electron chi connectivity index (χ2n) is 5.47. The van der Waals surface area contributed by atoms with Gasteiger partial charge in [0.1, 0.15) is 0 Å². The number of non-ortho nitro benzene ring substituents is 1. The Morgan fingerprint density at radius 1 is 1.00 bits per heavy atom. The van der Waals surface area contributed by atoms with Crippen LogP contribution in [0.4, 0.5) is 11.4 Å². The number of hydrogen-bond acceptors (Lipinski definition) is 4. The van der Waals surface area contributed by atoms with Gasteiger partial charge in [0.25, 0.3) is 11.6 Å². The SMILES string of the molecule is O=C(Nc1cccc(/C=C/c2ccccn2)c1)c1ccc([N+](=O)[O-])cc1. The fraction of sp³-hybridized carbons (Fsp3) is 0. The zero-order valence-corrected chi connectivity index (χ0v) is 13.7. The van der Waals surface area contributed by atoms with Gasteiger partial charge in [-0.3, -0.25) is 19.9 Å². The van der Waals surface area contributed by atoms with Gasteiger partial charge in [-0.1, -0.05) is 24.3 Å². The van der Waals surface area contributed by atoms with Crippen molar-refractivity contribution in [2.75, 3.05) is 5.32 Å². The Bertz CT molecular complexity index is 952. The molecule has 6 heteroatoms. The molecule has 128 valence electrons. The average molecular weight is 345 g/mol. The Hall–Kier alpha value is -3.80. The molecule has 2 aromatic carbocycles. The molecule has 0 bridgehead atoms. The van der Waals surface area contributed by atoms with Crippen LogP contribution in [0.3, 0.4) is 0 Å². The molecule has 0 unspecified atom stereocenters. The smallest absolute Gasteiger partial charge is 0.269 e. The fourth-order valence-corrected chi connectivity index (χ4v) is 2.31. The van der Waals surface area contributed by atoms with E-state index >= 15 is 0 Å². The number of carbonyl (C=O) groups is 1. The Morgan fingerprint density at radius 3 is 2.50 bits per heavy atom. The quantitative estimate of drug-likeness (QED) is 0.548. The first-order valence-corrected chi connectivity index (χ1v) is 7.87. The lowest BCUT2D eigenvalue weighted by Crippen LogP contribution is -2.11. The first-order chi connectivity index (χ1) is 12.6. The summed E-state index contributed by atoms with van der Waals surface area (Å²) in [4.78, 5) is 26.7. The zero-order chi connectivity index (χ0) is 18.4. The van der Waals surface area contributed by atoms with Crippen LogP contribution in [-0.4, -0.2) is 15.8 Å². The normalized spacial score (nSPS) is 10.6. The molecular formula is C20H15N3O3. The summed E-state index contributed by atoms with van der Waals surface area (Å²) in [7, 11) is 0. The molecule has 6 nitrogen and oxygen atoms in total. The van der Waals surface area contributed by atoms with Crippen LogP contribution >= 0.6 is 0 Å². The van der Waals surface area contributed by atoms with Crippen LogP contribution in [0, 0.1) is 10.1 Å². The minimum atomic E-state index is -0.501. The van der Waals surface area contributed by atoms with Gasteiger partial charge in [0.15, 0.2) is 0 Å². The second kappa shape index (κ2) is 7.85. The van der Waals surface area contributed by atoms with Crippen molar-refractivity contribution in [3.63, 3.8) is 0 Å². The van der Waals surface area contributed by atoms with E-state index in [-0.39, 0.29) is 11.6 Å². The standard InChI is InChI=1S/C20H15N3O3/c24-20(16-8-11-19(12-9-16)23(25)26)22-18-6-3-4-15(14-18)7-10-17-5-1-2-13-21-17/h1-14H,(H,22,24)/b10-7+. The van der Waals surface area contributed by atoms with Crippen LogP contribution in [0.1, 0.15) is 21.6 Å². The van der Waals surface area contributed by atoms with E-state index in [0.717, 1.165) is 11.3 Å². The third-order valence-electron chi connectivity index (χ3n) is 3.62. The van der Waals surface area contributed by atoms with Crippen molar-refractivity contribution in [2.45, 2.75) is 0 Å². The highest BCUT2D eigenvalue weighted by molar-refractivity contribution is 6.04. The highest BCUT2D eigenvalue weighted by Crippen LogP contribution is 2.16. The molecule has 0 aliphatic rings. The predicted octanol–water partition coefficient (Wildman–Crippen LogP) is 4.41. The van der Waals surface area contributed by atoms with E-state index in [1.54, 1.807) is 12.3 Å². The Kier molecular flexibility index (Phi) is 5.14. The van der Waals surface area contributed by atoms with E-state index in [0.29, 0.717) is 11.3 Å². The van der Waals surface area contributed by atoms with Gasteiger partial charge < -0.3 is 5.32 Å². The van der Waals surface area contributed by atoms with Gasteiger partial charge in [0, 0.05) is 29.6 Å². The number of nitrogens with zero attached hydrogens (tertiary/aromatic N) is 2. The van der Waals surface area contributed by atoms with E-state index in [1.807, 2.05) is 48.6 Å². The van der Waals surface area contributed by atoms with E-state index < -0.39 is 4.92 Å². The maximum atomic E-state index is 12.3. The molecule has 0 radical (unpaired) electrons. The molecule has 0 spiro atoms. The molecule has 1 amide bonds. The first-order valence-electron chi connectivity index (χ1n) is 7.87. The van der Waals surface area contributed by atoms with Crippen LogP contribution in [-0.2, 0) is 0 Å². The second-order valence-corrected chi connectivity index (χ2v) is 5.47. The van der Waals surface area contributed by atoms with Crippen LogP contribution < -0.4 is 5.32 Å². The maximum Gasteiger partial charge on any atom is 0.269 e. The number of pyridine rings is 1. The molecule has 0 fully saturated rings. The van der Waals surface area contributed by atoms with E-state index in [9.17, 15) is 14.9 Å². The number of benzene rings is 2. The first kappa shape index (κ1) is 17.0. The van der Waals surface area contributed by atoms with Crippen molar-refractivity contribution in [1.82, 2.24) is 4.98 Å². The van der Waals surface area contributed by atoms with Gasteiger partial charge in [-0.2, -0.15) is 0 Å². The summed E-state index contributed by atoms with van der Waals surface area (Å²) in [6.45, 7) is 0. The predicted molar refractivity (Wildman–Crippen MR) is 101 cm³/mol. The number of nitro benzene ring substituents is 1. The summed E-state index contributed by atoms with van der Waals surface area (Å²) in [5, 5.41) is 13.5. The molecule has 3 aromatic rings. The highest BCUT2D eigenvalue weighted by Gasteiger charge is 2.09. The number of aromatic nitrogens is 1. The molecular weight excluding hydrogens is 330 g/mol. The third-order valence-corrected chi connectivity index (χ3v) is 3.62. The summed E-state index contributed by atoms with van der Waals surface area (Å²) >= 11 is 0. The summed E-state index contributed by atoms with van der Waals surface area (Å²) < 4.78 is 0. The van der Waals surface area contributed by atoms with Gasteiger partial charge in [-0.15, -0.1) is 0 Å². The van der Waals surface area contributed by atoms with Crippen molar-refractivity contribution < 1.29 is 9.72 Å². The molecule has 1 N–H and O–H groups in total. The number of rotatable bonds is 5. The molecule has 26 heavy (non-hydrogen) atoms. The number of amides is 1. The van der Waals surface area contributed by atoms with Crippen molar-refractivity contribution in [2.24, 2.45) is 0 Å². The van der Waals surface area contributed by atoms with Gasteiger partial charge in [-0.05, 0) is 48.0 Å². The van der Waals surface area contributed by atoms with Crippen molar-refractivity contribution in [3.8, 4) is 0 Å². The van der Waals surface area contributed by atoms with Crippen LogP contribution in [0.2, 0.25) is 0 Å². The van der Waals surface area contributed by atoms with E-state index in [2.05, 4.69) is 10.3 Å². The lowest BCUT2D eigenvalue weighted by atomic mass is 10.1. The summed E-state index contributed by atoms with van der Waals surface area (Å²) in [5.41, 5.74) is 2.69. The molecule has 0 saturated carbocycles. The molecule has 0 saturated heterocycles. The molecule has 0 aliphatic carbocycles. The average Bonchev–Trinajstić information content (AvgIpc) is 2.67. The Morgan fingerprint density at radius 2 is 1.81 bits per heavy atom. The number of nitro groups is 1. The Labute approximate surface area is 150 Å². The van der Waals surface area contributed by atoms with Crippen molar-refractivity contribution in [1.29, 1.82) is 0 Å². The minimum Gasteiger partial charge on any atom is -0.322 e. The molecule has 1 heterocycles. The Balaban J connectivity index is 1.71. The number of carbonyl (C=O) groups excluding carboxylic acids is 1. The van der Waals surface area contributed by atoms with Crippen LogP contribution in [0.25, 0.3) is 12.2 Å². The van der Waals surface area contributed by atoms with Gasteiger partial charge >= 0.3 is 0 Å². The number of hydrogen-bond donors (Lipinski definition) is 1. The molecule has 1 aromatic heterocycles. The highest BCUT2D eigenvalue weighted by atomic mass is 16.6. The summed E-state index contributed by atoms with van der Waals surface area (Å²) in [5.74, 6) is -0.328. The van der Waals surface area contributed by atoms with Gasteiger partial charge in [-0.25, -0.2) is 0 Å². The molecule has 0 aliphatic heterocycles. The molecule has 3 rings (SSSR count). The minimum absolute atomic E-state index is 0.0526. The van der Waals surface area contributed by atoms with Gasteiger partial charge in [0.05, 0.1) is 10.6 Å². The third kappa shape index (κ3) is 4.39. The van der Waals surface area contributed by atoms with Crippen molar-refractivity contribution in [3.05, 3.63) is 99.9 Å². The summed E-state index contributed by atoms with van der Waals surface area (Å²) in [6.07, 6.45) is 5.52. The maximum absolute atomic E-state index is 12.3.